The van der Waals surface area contributed by atoms with Gasteiger partial charge in [0.15, 0.2) is 0 Å². The summed E-state index contributed by atoms with van der Waals surface area (Å²) in [5.74, 6) is -0.257. The van der Waals surface area contributed by atoms with Crippen LogP contribution in [0.4, 0.5) is 4.79 Å². The lowest BCUT2D eigenvalue weighted by atomic mass is 9.85. The number of hydrogen-bond acceptors (Lipinski definition) is 8. The Kier molecular flexibility index (Phi) is 28.4. The van der Waals surface area contributed by atoms with E-state index in [9.17, 15) is 24.0 Å². The molecule has 0 spiro atoms. The molecular weight excluding hydrogens is 655 g/mol. The number of ketones is 1. The van der Waals surface area contributed by atoms with Crippen LogP contribution < -0.4 is 26.6 Å². The third kappa shape index (κ3) is 23.2. The molecule has 50 heavy (non-hydrogen) atoms. The Hall–Kier alpha value is -2.38. The molecule has 5 N–H and O–H groups in total. The van der Waals surface area contributed by atoms with Gasteiger partial charge in [-0.2, -0.15) is 0 Å². The van der Waals surface area contributed by atoms with Gasteiger partial charge in [-0.05, 0) is 57.3 Å². The molecule has 2 aliphatic rings. The molecule has 1 heterocycles. The lowest BCUT2D eigenvalue weighted by Crippen LogP contribution is -2.60. The van der Waals surface area contributed by atoms with Gasteiger partial charge in [-0.15, -0.1) is 0 Å². The van der Waals surface area contributed by atoms with Gasteiger partial charge in [0, 0.05) is 51.4 Å². The summed E-state index contributed by atoms with van der Waals surface area (Å²) in [6, 6.07) is -1.09. The molecule has 1 saturated carbocycles. The number of amides is 5. The van der Waals surface area contributed by atoms with Crippen LogP contribution in [0.5, 0.6) is 0 Å². The molecule has 2 fully saturated rings. The van der Waals surface area contributed by atoms with Crippen LogP contribution in [-0.4, -0.2) is 103 Å². The highest BCUT2D eigenvalue weighted by molar-refractivity contribution is 7.77. The van der Waals surface area contributed by atoms with Crippen molar-refractivity contribution in [3.8, 4) is 0 Å². The predicted molar refractivity (Wildman–Crippen MR) is 211 cm³/mol. The second-order valence-electron chi connectivity index (χ2n) is 15.0. The molecule has 0 aromatic rings. The number of carbonyl (C=O) groups excluding carboxylic acids is 5. The maximum atomic E-state index is 13.2. The van der Waals surface area contributed by atoms with Gasteiger partial charge in [0.25, 0.3) is 5.91 Å². The molecular formula is C37H77N7O5S. The summed E-state index contributed by atoms with van der Waals surface area (Å²) in [6.45, 7) is 33.3. The number of Topliss-reactive ketones (excluding diaryl/α,β-unsaturated/α-hetero) is 1. The molecule has 0 bridgehead atoms. The monoisotopic (exact) mass is 732 g/mol. The highest BCUT2D eigenvalue weighted by atomic mass is 32.1. The van der Waals surface area contributed by atoms with Gasteiger partial charge in [-0.25, -0.2) is 9.10 Å². The van der Waals surface area contributed by atoms with E-state index in [1.54, 1.807) is 0 Å². The van der Waals surface area contributed by atoms with E-state index in [-0.39, 0.29) is 34.9 Å². The summed E-state index contributed by atoms with van der Waals surface area (Å²) in [5.41, 5.74) is -0.507. The maximum absolute atomic E-state index is 13.2. The first-order valence-electron chi connectivity index (χ1n) is 18.7. The van der Waals surface area contributed by atoms with Gasteiger partial charge in [-0.1, -0.05) is 102 Å². The zero-order chi connectivity index (χ0) is 39.8. The van der Waals surface area contributed by atoms with Crippen LogP contribution in [0.3, 0.4) is 0 Å². The molecule has 1 aliphatic heterocycles. The van der Waals surface area contributed by atoms with Crippen molar-refractivity contribution in [2.75, 3.05) is 33.2 Å². The first-order valence-corrected chi connectivity index (χ1v) is 19.1. The van der Waals surface area contributed by atoms with Crippen LogP contribution >= 0.6 is 12.8 Å². The fourth-order valence-corrected chi connectivity index (χ4v) is 4.44. The van der Waals surface area contributed by atoms with E-state index in [0.29, 0.717) is 19.0 Å². The van der Waals surface area contributed by atoms with E-state index in [2.05, 4.69) is 87.9 Å². The number of carbonyl (C=O) groups is 5. The number of likely N-dealkylation sites (tertiary alicyclic amines) is 1. The summed E-state index contributed by atoms with van der Waals surface area (Å²) in [4.78, 5) is 59.3. The zero-order valence-electron chi connectivity index (χ0n) is 34.6. The molecule has 0 aromatic heterocycles. The quantitative estimate of drug-likeness (QED) is 0.0662. The van der Waals surface area contributed by atoms with E-state index in [1.165, 1.54) is 26.8 Å². The molecule has 13 heteroatoms. The second kappa shape index (κ2) is 27.3. The number of likely N-dealkylation sites (N-methyl/N-ethyl adjacent to an activating group) is 1. The average molecular weight is 732 g/mol. The molecule has 0 radical (unpaired) electrons. The lowest BCUT2D eigenvalue weighted by molar-refractivity contribution is -0.138. The van der Waals surface area contributed by atoms with Gasteiger partial charge < -0.3 is 31.5 Å². The number of rotatable bonds is 13. The minimum atomic E-state index is -0.757. The topological polar surface area (TPSA) is 152 Å². The summed E-state index contributed by atoms with van der Waals surface area (Å²) in [7, 11) is 1.36. The van der Waals surface area contributed by atoms with Crippen LogP contribution in [0.1, 0.15) is 130 Å². The Bertz CT molecular complexity index is 965. The van der Waals surface area contributed by atoms with E-state index in [4.69, 9.17) is 0 Å². The first kappa shape index (κ1) is 52.0. The predicted octanol–water partition coefficient (Wildman–Crippen LogP) is 5.18. The smallest absolute Gasteiger partial charge is 0.315 e. The Labute approximate surface area is 311 Å². The largest absolute Gasteiger partial charge is 0.353 e. The number of nitrogens with one attached hydrogen (secondary N) is 5. The highest BCUT2D eigenvalue weighted by Crippen LogP contribution is 2.27. The van der Waals surface area contributed by atoms with E-state index in [1.807, 2.05) is 57.7 Å². The third-order valence-corrected chi connectivity index (χ3v) is 8.73. The fraction of sp³-hybridized carbons (Fsp3) is 0.865. The van der Waals surface area contributed by atoms with Crippen LogP contribution in [0.2, 0.25) is 0 Å². The standard InChI is InChI=1S/C23H47N5O2S.C6H10N2O3.C4H8.2C2H6/c1-16(2)28(31)14-12-24-15-18(22(4,5)6)25-21(30)26-19(23(7,8)9)20(29)27-13-10-11-17(27)3;1-4(8-3-9)5(10)6(11)7-2;1-4-2-3-4;2*1-2/h16-19,24,31H,10-15H2,1-9H3,(H2,25,26,30);3-4H,1-2H3,(H,7,11)(H,8,9);4H,2-3H2,1H3;2*1-2H3. The van der Waals surface area contributed by atoms with Crippen LogP contribution in [0.15, 0.2) is 0 Å². The Balaban J connectivity index is -0.000000948. The molecule has 12 nitrogen and oxygen atoms in total. The van der Waals surface area contributed by atoms with Crippen LogP contribution in [0, 0.1) is 16.7 Å². The van der Waals surface area contributed by atoms with Gasteiger partial charge in [-0.3, -0.25) is 19.2 Å². The van der Waals surface area contributed by atoms with Gasteiger partial charge >= 0.3 is 6.03 Å². The molecule has 1 aliphatic carbocycles. The number of nitrogens with zero attached hydrogens (tertiary/aromatic N) is 2. The van der Waals surface area contributed by atoms with Gasteiger partial charge in [0.2, 0.25) is 18.1 Å². The Morgan fingerprint density at radius 1 is 0.900 bits per heavy atom. The average Bonchev–Trinajstić information content (AvgIpc) is 3.72. The molecule has 2 rings (SSSR count). The minimum absolute atomic E-state index is 0.0145. The summed E-state index contributed by atoms with van der Waals surface area (Å²) in [6.07, 6.45) is 5.40. The highest BCUT2D eigenvalue weighted by Gasteiger charge is 2.39. The summed E-state index contributed by atoms with van der Waals surface area (Å²) in [5, 5.41) is 13.9. The SMILES string of the molecule is CC.CC.CC(C)N(S)CCNCC(NC(=O)NC(C(=O)N1CCCC1C)C(C)(C)C)C(C)(C)C.CC1CC1.CNC(=O)C(=O)C(C)NC=O. The zero-order valence-corrected chi connectivity index (χ0v) is 35.5. The van der Waals surface area contributed by atoms with Crippen molar-refractivity contribution < 1.29 is 24.0 Å². The van der Waals surface area contributed by atoms with Crippen LogP contribution in [-0.2, 0) is 19.2 Å². The normalized spacial score (nSPS) is 17.0. The minimum Gasteiger partial charge on any atom is -0.353 e. The van der Waals surface area contributed by atoms with Crippen molar-refractivity contribution in [2.45, 2.75) is 160 Å². The molecule has 4 unspecified atom stereocenters. The van der Waals surface area contributed by atoms with E-state index in [0.717, 1.165) is 38.4 Å². The van der Waals surface area contributed by atoms with Crippen molar-refractivity contribution in [1.82, 2.24) is 35.8 Å². The molecule has 296 valence electrons. The number of hydrogen-bond donors (Lipinski definition) is 6. The summed E-state index contributed by atoms with van der Waals surface area (Å²) < 4.78 is 1.98. The Morgan fingerprint density at radius 3 is 1.78 bits per heavy atom. The number of thiol groups is 1. The van der Waals surface area contributed by atoms with Crippen molar-refractivity contribution in [2.24, 2.45) is 16.7 Å². The molecule has 0 aromatic carbocycles. The van der Waals surface area contributed by atoms with Gasteiger partial charge in [0.05, 0.1) is 6.04 Å². The van der Waals surface area contributed by atoms with Gasteiger partial charge in [0.1, 0.15) is 6.04 Å². The number of urea groups is 1. The lowest BCUT2D eigenvalue weighted by Gasteiger charge is -2.37. The van der Waals surface area contributed by atoms with Crippen molar-refractivity contribution >= 4 is 42.9 Å². The molecule has 1 saturated heterocycles. The molecule has 4 atom stereocenters. The maximum Gasteiger partial charge on any atom is 0.315 e. The van der Waals surface area contributed by atoms with Crippen molar-refractivity contribution in [1.29, 1.82) is 0 Å². The third-order valence-electron chi connectivity index (χ3n) is 8.07. The summed E-state index contributed by atoms with van der Waals surface area (Å²) >= 11 is 4.47. The van der Waals surface area contributed by atoms with E-state index < -0.39 is 23.8 Å². The second-order valence-corrected chi connectivity index (χ2v) is 15.5. The molecule has 5 amide bonds. The Morgan fingerprint density at radius 2 is 1.42 bits per heavy atom. The van der Waals surface area contributed by atoms with Crippen molar-refractivity contribution in [3.05, 3.63) is 0 Å². The fourth-order valence-electron chi connectivity index (χ4n) is 4.34. The van der Waals surface area contributed by atoms with E-state index >= 15 is 0 Å². The van der Waals surface area contributed by atoms with Crippen molar-refractivity contribution in [3.63, 3.8) is 0 Å². The van der Waals surface area contributed by atoms with Crippen LogP contribution in [0.25, 0.3) is 0 Å². The first-order chi connectivity index (χ1) is 23.2.